The van der Waals surface area contributed by atoms with Gasteiger partial charge in [-0.05, 0) is 43.0 Å². The van der Waals surface area contributed by atoms with E-state index in [4.69, 9.17) is 4.74 Å². The van der Waals surface area contributed by atoms with Crippen molar-refractivity contribution in [2.24, 2.45) is 0 Å². The smallest absolute Gasteiger partial charge is 0.339 e. The summed E-state index contributed by atoms with van der Waals surface area (Å²) in [6.45, 7) is 6.80. The molecule has 92 valence electrons. The number of hydrogen-bond donors (Lipinski definition) is 0. The lowest BCUT2D eigenvalue weighted by Gasteiger charge is -2.15. The maximum atomic E-state index is 12.0. The molecule has 1 aliphatic carbocycles. The van der Waals surface area contributed by atoms with Crippen molar-refractivity contribution in [3.8, 4) is 0 Å². The number of aryl methyl sites for hydroxylation is 1. The number of rotatable bonds is 0. The monoisotopic (exact) mass is 240 g/mol. The number of hydrogen-bond acceptors (Lipinski definition) is 2. The molecular weight excluding hydrogens is 224 g/mol. The number of carbonyl (C=O) groups excluding carboxylic acids is 1. The van der Waals surface area contributed by atoms with E-state index in [2.05, 4.69) is 32.9 Å². The molecule has 1 aliphatic heterocycles. The lowest BCUT2D eigenvalue weighted by atomic mass is 9.95. The van der Waals surface area contributed by atoms with Gasteiger partial charge in [0.25, 0.3) is 0 Å². The molecule has 0 fully saturated rings. The van der Waals surface area contributed by atoms with Gasteiger partial charge in [0.15, 0.2) is 0 Å². The fourth-order valence-corrected chi connectivity index (χ4v) is 2.91. The highest BCUT2D eigenvalue weighted by molar-refractivity contribution is 6.26. The number of fused-ring (bicyclic) bond motifs is 2. The Morgan fingerprint density at radius 3 is 2.72 bits per heavy atom. The highest BCUT2D eigenvalue weighted by atomic mass is 16.5. The normalized spacial score (nSPS) is 17.5. The molecule has 0 radical (unpaired) electrons. The average molecular weight is 240 g/mol. The van der Waals surface area contributed by atoms with Crippen molar-refractivity contribution in [1.29, 1.82) is 0 Å². The van der Waals surface area contributed by atoms with Gasteiger partial charge in [-0.2, -0.15) is 0 Å². The molecule has 2 aliphatic rings. The van der Waals surface area contributed by atoms with Crippen LogP contribution in [0, 0.1) is 6.92 Å². The van der Waals surface area contributed by atoms with Gasteiger partial charge in [-0.25, -0.2) is 4.79 Å². The Morgan fingerprint density at radius 2 is 2.00 bits per heavy atom. The summed E-state index contributed by atoms with van der Waals surface area (Å²) in [6, 6.07) is 6.27. The summed E-state index contributed by atoms with van der Waals surface area (Å²) in [5.41, 5.74) is 7.93. The molecular formula is C16H16O2. The minimum absolute atomic E-state index is 0.169. The summed E-state index contributed by atoms with van der Waals surface area (Å²) in [5.74, 6) is -0.169. The van der Waals surface area contributed by atoms with Gasteiger partial charge in [-0.15, -0.1) is 0 Å². The first-order valence-electron chi connectivity index (χ1n) is 6.29. The van der Waals surface area contributed by atoms with E-state index in [0.29, 0.717) is 6.61 Å². The van der Waals surface area contributed by atoms with Crippen LogP contribution in [0.3, 0.4) is 0 Å². The maximum absolute atomic E-state index is 12.0. The zero-order valence-corrected chi connectivity index (χ0v) is 11.0. The Balaban J connectivity index is 2.34. The molecule has 1 heterocycles. The Bertz CT molecular complexity index is 614. The molecule has 1 aromatic rings. The summed E-state index contributed by atoms with van der Waals surface area (Å²) in [6.07, 6.45) is 0.829. The van der Waals surface area contributed by atoms with Crippen molar-refractivity contribution >= 4 is 17.1 Å². The molecule has 0 aromatic heterocycles. The predicted molar refractivity (Wildman–Crippen MR) is 71.9 cm³/mol. The first kappa shape index (κ1) is 11.3. The molecule has 0 unspecified atom stereocenters. The second kappa shape index (κ2) is 3.84. The van der Waals surface area contributed by atoms with Crippen LogP contribution in [0.4, 0.5) is 0 Å². The van der Waals surface area contributed by atoms with Crippen LogP contribution in [0.25, 0.3) is 11.1 Å². The molecule has 2 heteroatoms. The minimum atomic E-state index is -0.169. The fourth-order valence-electron chi connectivity index (χ4n) is 2.91. The zero-order chi connectivity index (χ0) is 12.9. The van der Waals surface area contributed by atoms with Crippen LogP contribution in [0.15, 0.2) is 29.3 Å². The van der Waals surface area contributed by atoms with E-state index in [0.717, 1.165) is 17.6 Å². The van der Waals surface area contributed by atoms with Crippen molar-refractivity contribution < 1.29 is 9.53 Å². The van der Waals surface area contributed by atoms with Crippen molar-refractivity contribution in [2.45, 2.75) is 27.2 Å². The van der Waals surface area contributed by atoms with Gasteiger partial charge in [0.2, 0.25) is 0 Å². The average Bonchev–Trinajstić information content (AvgIpc) is 2.63. The topological polar surface area (TPSA) is 26.3 Å². The van der Waals surface area contributed by atoms with Crippen LogP contribution >= 0.6 is 0 Å². The third-order valence-electron chi connectivity index (χ3n) is 3.61. The highest BCUT2D eigenvalue weighted by Gasteiger charge is 2.34. The zero-order valence-electron chi connectivity index (χ0n) is 11.0. The quantitative estimate of drug-likeness (QED) is 0.649. The highest BCUT2D eigenvalue weighted by Crippen LogP contribution is 2.46. The molecule has 0 amide bonds. The van der Waals surface area contributed by atoms with Crippen molar-refractivity contribution in [1.82, 2.24) is 0 Å². The molecule has 0 spiro atoms. The number of cyclic esters (lactones) is 1. The molecule has 2 nitrogen and oxygen atoms in total. The number of ether oxygens (including phenoxy) is 1. The summed E-state index contributed by atoms with van der Waals surface area (Å²) < 4.78 is 5.19. The van der Waals surface area contributed by atoms with Crippen molar-refractivity contribution in [2.75, 3.05) is 6.61 Å². The summed E-state index contributed by atoms with van der Waals surface area (Å²) in [7, 11) is 0. The van der Waals surface area contributed by atoms with Gasteiger partial charge < -0.3 is 4.74 Å². The van der Waals surface area contributed by atoms with Gasteiger partial charge in [-0.3, -0.25) is 0 Å². The Kier molecular flexibility index (Phi) is 2.40. The fraction of sp³-hybridized carbons (Fsp3) is 0.312. The molecule has 0 saturated carbocycles. The molecule has 3 rings (SSSR count). The molecule has 0 bridgehead atoms. The third kappa shape index (κ3) is 1.45. The van der Waals surface area contributed by atoms with E-state index in [1.54, 1.807) is 0 Å². The number of allylic oxidation sites excluding steroid dienone is 2. The van der Waals surface area contributed by atoms with E-state index < -0.39 is 0 Å². The molecule has 18 heavy (non-hydrogen) atoms. The van der Waals surface area contributed by atoms with Crippen LogP contribution < -0.4 is 0 Å². The van der Waals surface area contributed by atoms with Crippen LogP contribution in [-0.2, 0) is 9.53 Å². The second-order valence-electron chi connectivity index (χ2n) is 5.16. The van der Waals surface area contributed by atoms with Crippen molar-refractivity contribution in [3.63, 3.8) is 0 Å². The van der Waals surface area contributed by atoms with Crippen LogP contribution in [0.2, 0.25) is 0 Å². The SMILES string of the molecule is CC(C)=C1C2=C(C(=O)OCC2)c2ccc(C)cc21. The predicted octanol–water partition coefficient (Wildman–Crippen LogP) is 3.50. The maximum Gasteiger partial charge on any atom is 0.339 e. The van der Waals surface area contributed by atoms with E-state index in [1.807, 2.05) is 6.07 Å². The first-order valence-corrected chi connectivity index (χ1v) is 6.29. The van der Waals surface area contributed by atoms with E-state index in [-0.39, 0.29) is 5.97 Å². The van der Waals surface area contributed by atoms with Gasteiger partial charge in [0.05, 0.1) is 12.2 Å². The van der Waals surface area contributed by atoms with Crippen LogP contribution in [0.5, 0.6) is 0 Å². The van der Waals surface area contributed by atoms with E-state index in [9.17, 15) is 4.79 Å². The van der Waals surface area contributed by atoms with Gasteiger partial charge >= 0.3 is 5.97 Å². The van der Waals surface area contributed by atoms with Crippen LogP contribution in [-0.4, -0.2) is 12.6 Å². The molecule has 1 aromatic carbocycles. The van der Waals surface area contributed by atoms with Gasteiger partial charge in [-0.1, -0.05) is 29.3 Å². The van der Waals surface area contributed by atoms with E-state index >= 15 is 0 Å². The molecule has 0 N–H and O–H groups in total. The van der Waals surface area contributed by atoms with E-state index in [1.165, 1.54) is 27.8 Å². The number of benzene rings is 1. The third-order valence-corrected chi connectivity index (χ3v) is 3.61. The van der Waals surface area contributed by atoms with Gasteiger partial charge in [0.1, 0.15) is 0 Å². The minimum Gasteiger partial charge on any atom is -0.462 e. The Hall–Kier alpha value is -1.83. The molecule has 0 atom stereocenters. The largest absolute Gasteiger partial charge is 0.462 e. The van der Waals surface area contributed by atoms with Gasteiger partial charge in [0, 0.05) is 6.42 Å². The summed E-state index contributed by atoms with van der Waals surface area (Å²) in [4.78, 5) is 12.0. The molecule has 0 saturated heterocycles. The summed E-state index contributed by atoms with van der Waals surface area (Å²) >= 11 is 0. The van der Waals surface area contributed by atoms with Crippen molar-refractivity contribution in [3.05, 3.63) is 46.0 Å². The number of carbonyl (C=O) groups is 1. The lowest BCUT2D eigenvalue weighted by Crippen LogP contribution is -2.14. The lowest BCUT2D eigenvalue weighted by molar-refractivity contribution is -0.137. The Labute approximate surface area is 107 Å². The second-order valence-corrected chi connectivity index (χ2v) is 5.16. The van der Waals surface area contributed by atoms with Crippen LogP contribution in [0.1, 0.15) is 37.0 Å². The first-order chi connectivity index (χ1) is 8.59. The standard InChI is InChI=1S/C16H16O2/c1-9(2)14-12-6-7-18-16(17)15(12)11-5-4-10(3)8-13(11)14/h4-5,8H,6-7H2,1-3H3. The number of esters is 1. The Morgan fingerprint density at radius 1 is 1.22 bits per heavy atom. The summed E-state index contributed by atoms with van der Waals surface area (Å²) in [5, 5.41) is 0.